The quantitative estimate of drug-likeness (QED) is 0.259. The lowest BCUT2D eigenvalue weighted by molar-refractivity contribution is 0.0677. The molecule has 0 aromatic rings. The Hall–Kier alpha value is 0.748. The average Bonchev–Trinajstić information content (AvgIpc) is 2.56. The molecular formula is C22H54O3Si4. The zero-order valence-electron chi connectivity index (χ0n) is 22.6. The molecule has 0 N–H and O–H groups in total. The minimum Gasteiger partial charge on any atom is -0.420 e. The van der Waals surface area contributed by atoms with E-state index in [2.05, 4.69) is 100 Å². The van der Waals surface area contributed by atoms with Gasteiger partial charge in [-0.2, -0.15) is 0 Å². The summed E-state index contributed by atoms with van der Waals surface area (Å²) >= 11 is 0. The normalized spacial score (nSPS) is 21.2. The van der Waals surface area contributed by atoms with E-state index in [9.17, 15) is 0 Å². The lowest BCUT2D eigenvalue weighted by Crippen LogP contribution is -2.62. The van der Waals surface area contributed by atoms with E-state index in [1.54, 1.807) is 0 Å². The van der Waals surface area contributed by atoms with Gasteiger partial charge in [0, 0.05) is 16.9 Å². The molecule has 0 aliphatic rings. The SMILES string of the molecule is CCC(O[Si](C)(C)[C@](C)(CC)O[Si](C)(C)C)[C@@](C)(CC)[SiH](C)OC(C)[Si](C)(C)C. The molecule has 0 fully saturated rings. The summed E-state index contributed by atoms with van der Waals surface area (Å²) in [7, 11) is -6.54. The van der Waals surface area contributed by atoms with Crippen LogP contribution in [0.4, 0.5) is 0 Å². The maximum Gasteiger partial charge on any atom is 0.216 e. The molecule has 0 heterocycles. The van der Waals surface area contributed by atoms with E-state index in [0.717, 1.165) is 19.3 Å². The lowest BCUT2D eigenvalue weighted by atomic mass is 9.98. The van der Waals surface area contributed by atoms with Crippen LogP contribution in [0.3, 0.4) is 0 Å². The van der Waals surface area contributed by atoms with Crippen molar-refractivity contribution in [2.45, 2.75) is 142 Å². The van der Waals surface area contributed by atoms with Crippen molar-refractivity contribution in [1.82, 2.24) is 0 Å². The Bertz CT molecular complexity index is 501. The monoisotopic (exact) mass is 478 g/mol. The van der Waals surface area contributed by atoms with Gasteiger partial charge in [0.15, 0.2) is 17.4 Å². The van der Waals surface area contributed by atoms with Gasteiger partial charge in [-0.15, -0.1) is 0 Å². The van der Waals surface area contributed by atoms with E-state index < -0.39 is 33.7 Å². The van der Waals surface area contributed by atoms with Crippen LogP contribution in [0.1, 0.15) is 60.8 Å². The topological polar surface area (TPSA) is 27.7 Å². The van der Waals surface area contributed by atoms with Gasteiger partial charge >= 0.3 is 0 Å². The summed E-state index contributed by atoms with van der Waals surface area (Å²) in [6, 6.07) is 0. The number of rotatable bonds is 13. The molecule has 0 radical (unpaired) electrons. The molecular weight excluding hydrogens is 425 g/mol. The molecule has 5 atom stereocenters. The average molecular weight is 479 g/mol. The summed E-state index contributed by atoms with van der Waals surface area (Å²) in [6.07, 6.45) is 3.39. The van der Waals surface area contributed by atoms with Gasteiger partial charge in [-0.1, -0.05) is 47.3 Å². The fraction of sp³-hybridized carbons (Fsp3) is 1.00. The highest BCUT2D eigenvalue weighted by Gasteiger charge is 2.51. The minimum absolute atomic E-state index is 0.126. The molecule has 0 aromatic heterocycles. The second kappa shape index (κ2) is 10.6. The van der Waals surface area contributed by atoms with Gasteiger partial charge in [0.1, 0.15) is 0 Å². The van der Waals surface area contributed by atoms with E-state index in [-0.39, 0.29) is 16.4 Å². The van der Waals surface area contributed by atoms with Crippen molar-refractivity contribution in [1.29, 1.82) is 0 Å². The van der Waals surface area contributed by atoms with E-state index in [1.807, 2.05) is 0 Å². The third-order valence-electron chi connectivity index (χ3n) is 7.34. The first-order chi connectivity index (χ1) is 12.8. The zero-order valence-corrected chi connectivity index (χ0v) is 26.7. The summed E-state index contributed by atoms with van der Waals surface area (Å²) in [4.78, 5) is 0. The van der Waals surface area contributed by atoms with E-state index in [4.69, 9.17) is 13.3 Å². The molecule has 3 unspecified atom stereocenters. The lowest BCUT2D eigenvalue weighted by Gasteiger charge is -2.50. The molecule has 0 amide bonds. The summed E-state index contributed by atoms with van der Waals surface area (Å²) in [5, 5.41) is -0.0302. The van der Waals surface area contributed by atoms with Gasteiger partial charge in [-0.25, -0.2) is 0 Å². The zero-order chi connectivity index (χ0) is 23.5. The molecule has 0 aliphatic heterocycles. The molecule has 0 saturated carbocycles. The van der Waals surface area contributed by atoms with Crippen LogP contribution in [0, 0.1) is 0 Å². The van der Waals surface area contributed by atoms with Crippen molar-refractivity contribution in [3.63, 3.8) is 0 Å². The standard InChI is InChI=1S/C22H54O3Si4/c1-16-20(21(5,17-2)26(7)23-19(4)27(8,9)10)24-29(14,15)22(6,18-3)25-28(11,12)13/h19-20,26H,16-18H2,1-15H3/t19?,20?,21-,22-,26?/m1/s1. The summed E-state index contributed by atoms with van der Waals surface area (Å²) in [6.45, 7) is 35.1. The fourth-order valence-corrected chi connectivity index (χ4v) is 14.3. The van der Waals surface area contributed by atoms with Crippen LogP contribution in [0.25, 0.3) is 0 Å². The van der Waals surface area contributed by atoms with E-state index in [0.29, 0.717) is 5.73 Å². The molecule has 0 aliphatic carbocycles. The summed E-state index contributed by atoms with van der Waals surface area (Å²) in [5.41, 5.74) is 0.397. The molecule has 0 aromatic carbocycles. The second-order valence-corrected chi connectivity index (χ2v) is 29.1. The van der Waals surface area contributed by atoms with Crippen molar-refractivity contribution >= 4 is 33.7 Å². The van der Waals surface area contributed by atoms with Crippen LogP contribution in [-0.2, 0) is 13.3 Å². The molecule has 0 bridgehead atoms. The van der Waals surface area contributed by atoms with Crippen LogP contribution in [-0.4, -0.2) is 50.8 Å². The van der Waals surface area contributed by atoms with Crippen molar-refractivity contribution in [3.8, 4) is 0 Å². The minimum atomic E-state index is -2.11. The van der Waals surface area contributed by atoms with Crippen LogP contribution in [0.15, 0.2) is 0 Å². The summed E-state index contributed by atoms with van der Waals surface area (Å²) < 4.78 is 20.7. The maximum absolute atomic E-state index is 7.14. The van der Waals surface area contributed by atoms with Crippen LogP contribution < -0.4 is 0 Å². The Morgan fingerprint density at radius 2 is 1.34 bits per heavy atom. The van der Waals surface area contributed by atoms with Gasteiger partial charge in [0.2, 0.25) is 8.32 Å². The van der Waals surface area contributed by atoms with Crippen molar-refractivity contribution in [2.75, 3.05) is 0 Å². The van der Waals surface area contributed by atoms with Crippen molar-refractivity contribution in [2.24, 2.45) is 0 Å². The van der Waals surface area contributed by atoms with Gasteiger partial charge in [-0.05, 0) is 72.4 Å². The highest BCUT2D eigenvalue weighted by molar-refractivity contribution is 6.78. The molecule has 0 spiro atoms. The molecule has 0 saturated heterocycles. The third-order valence-corrected chi connectivity index (χ3v) is 18.8. The van der Waals surface area contributed by atoms with Crippen LogP contribution in [0.5, 0.6) is 0 Å². The molecule has 3 nitrogen and oxygen atoms in total. The predicted molar refractivity (Wildman–Crippen MR) is 141 cm³/mol. The Balaban J connectivity index is 5.77. The van der Waals surface area contributed by atoms with E-state index in [1.165, 1.54) is 0 Å². The van der Waals surface area contributed by atoms with Crippen LogP contribution >= 0.6 is 0 Å². The van der Waals surface area contributed by atoms with Gasteiger partial charge in [-0.3, -0.25) is 0 Å². The van der Waals surface area contributed by atoms with Crippen molar-refractivity contribution < 1.29 is 13.3 Å². The molecule has 7 heteroatoms. The second-order valence-electron chi connectivity index (χ2n) is 12.0. The highest BCUT2D eigenvalue weighted by Crippen LogP contribution is 2.45. The summed E-state index contributed by atoms with van der Waals surface area (Å²) in [5.74, 6) is 0. The Morgan fingerprint density at radius 3 is 1.66 bits per heavy atom. The molecule has 176 valence electrons. The Kier molecular flexibility index (Phi) is 10.8. The maximum atomic E-state index is 7.14. The molecule has 29 heavy (non-hydrogen) atoms. The van der Waals surface area contributed by atoms with Gasteiger partial charge in [0.25, 0.3) is 0 Å². The first-order valence-corrected chi connectivity index (χ1v) is 23.9. The fourth-order valence-electron chi connectivity index (χ4n) is 3.90. The third kappa shape index (κ3) is 7.99. The smallest absolute Gasteiger partial charge is 0.216 e. The predicted octanol–water partition coefficient (Wildman–Crippen LogP) is 7.35. The number of hydrogen-bond donors (Lipinski definition) is 0. The first-order valence-electron chi connectivity index (χ1n) is 11.8. The van der Waals surface area contributed by atoms with Gasteiger partial charge < -0.3 is 13.3 Å². The van der Waals surface area contributed by atoms with E-state index >= 15 is 0 Å². The number of hydrogen-bond acceptors (Lipinski definition) is 3. The Morgan fingerprint density at radius 1 is 0.862 bits per heavy atom. The first kappa shape index (κ1) is 29.7. The van der Waals surface area contributed by atoms with Gasteiger partial charge in [0.05, 0.1) is 13.3 Å². The van der Waals surface area contributed by atoms with Crippen molar-refractivity contribution in [3.05, 3.63) is 0 Å². The largest absolute Gasteiger partial charge is 0.420 e. The highest BCUT2D eigenvalue weighted by atomic mass is 28.4. The Labute approximate surface area is 188 Å². The molecule has 0 rings (SSSR count). The van der Waals surface area contributed by atoms with Crippen LogP contribution in [0.2, 0.25) is 64.0 Å².